The highest BCUT2D eigenvalue weighted by atomic mass is 19.1. The molecule has 18 heavy (non-hydrogen) atoms. The molecule has 1 fully saturated rings. The van der Waals surface area contributed by atoms with Gasteiger partial charge in [-0.25, -0.2) is 9.18 Å². The van der Waals surface area contributed by atoms with Crippen molar-refractivity contribution in [1.29, 1.82) is 0 Å². The lowest BCUT2D eigenvalue weighted by Gasteiger charge is -2.41. The zero-order chi connectivity index (χ0) is 14.0. The second kappa shape index (κ2) is 5.55. The second-order valence-electron chi connectivity index (χ2n) is 6.36. The molecule has 0 aromatic heterocycles. The summed E-state index contributed by atoms with van der Waals surface area (Å²) in [4.78, 5) is 11.4. The molecule has 0 radical (unpaired) electrons. The Bertz CT molecular complexity index is 288. The van der Waals surface area contributed by atoms with Crippen molar-refractivity contribution in [2.24, 2.45) is 11.3 Å². The standard InChI is InChI=1S/C14H25FO3/c1-5-18-12(16)11(15)14(17)8-6-10(7-9-14)13(2,3)4/h10-11,17H,5-9H2,1-4H3. The molecule has 1 rings (SSSR count). The van der Waals surface area contributed by atoms with Gasteiger partial charge in [0.25, 0.3) is 0 Å². The number of ether oxygens (including phenoxy) is 1. The third-order valence-electron chi connectivity index (χ3n) is 4.04. The zero-order valence-electron chi connectivity index (χ0n) is 11.8. The molecule has 4 heteroatoms. The second-order valence-corrected chi connectivity index (χ2v) is 6.36. The highest BCUT2D eigenvalue weighted by Crippen LogP contribution is 2.43. The van der Waals surface area contributed by atoms with E-state index in [1.54, 1.807) is 6.92 Å². The largest absolute Gasteiger partial charge is 0.464 e. The Hall–Kier alpha value is -0.640. The molecular formula is C14H25FO3. The van der Waals surface area contributed by atoms with Crippen molar-refractivity contribution >= 4 is 5.97 Å². The Balaban J connectivity index is 2.61. The van der Waals surface area contributed by atoms with E-state index in [-0.39, 0.29) is 12.0 Å². The normalized spacial score (nSPS) is 30.9. The number of alkyl halides is 1. The monoisotopic (exact) mass is 260 g/mol. The topological polar surface area (TPSA) is 46.5 Å². The molecule has 0 amide bonds. The Kier molecular flexibility index (Phi) is 4.76. The summed E-state index contributed by atoms with van der Waals surface area (Å²) >= 11 is 0. The van der Waals surface area contributed by atoms with E-state index >= 15 is 0 Å². The molecule has 0 aromatic rings. The van der Waals surface area contributed by atoms with Crippen LogP contribution in [0.2, 0.25) is 0 Å². The molecule has 1 N–H and O–H groups in total. The number of esters is 1. The van der Waals surface area contributed by atoms with Crippen LogP contribution in [0.4, 0.5) is 4.39 Å². The maximum Gasteiger partial charge on any atom is 0.343 e. The van der Waals surface area contributed by atoms with Gasteiger partial charge in [0.15, 0.2) is 0 Å². The Morgan fingerprint density at radius 3 is 2.33 bits per heavy atom. The van der Waals surface area contributed by atoms with Gasteiger partial charge < -0.3 is 9.84 Å². The average Bonchev–Trinajstić information content (AvgIpc) is 2.27. The van der Waals surface area contributed by atoms with Crippen molar-refractivity contribution in [2.75, 3.05) is 6.61 Å². The summed E-state index contributed by atoms with van der Waals surface area (Å²) in [5.41, 5.74) is -1.37. The average molecular weight is 260 g/mol. The summed E-state index contributed by atoms with van der Waals surface area (Å²) in [6.45, 7) is 8.23. The molecular weight excluding hydrogens is 235 g/mol. The third-order valence-corrected chi connectivity index (χ3v) is 4.04. The number of hydrogen-bond acceptors (Lipinski definition) is 3. The van der Waals surface area contributed by atoms with E-state index in [0.717, 1.165) is 12.8 Å². The Labute approximate surface area is 109 Å². The van der Waals surface area contributed by atoms with Crippen LogP contribution in [0, 0.1) is 11.3 Å². The highest BCUT2D eigenvalue weighted by Gasteiger charge is 2.46. The van der Waals surface area contributed by atoms with Crippen LogP contribution in [0.15, 0.2) is 0 Å². The Morgan fingerprint density at radius 1 is 1.44 bits per heavy atom. The van der Waals surface area contributed by atoms with Crippen LogP contribution in [-0.2, 0) is 9.53 Å². The van der Waals surface area contributed by atoms with Crippen molar-refractivity contribution in [3.8, 4) is 0 Å². The Morgan fingerprint density at radius 2 is 1.94 bits per heavy atom. The van der Waals surface area contributed by atoms with E-state index in [4.69, 9.17) is 0 Å². The van der Waals surface area contributed by atoms with E-state index in [1.807, 2.05) is 0 Å². The van der Waals surface area contributed by atoms with Gasteiger partial charge in [0.1, 0.15) is 5.60 Å². The van der Waals surface area contributed by atoms with Gasteiger partial charge >= 0.3 is 5.97 Å². The van der Waals surface area contributed by atoms with Gasteiger partial charge in [-0.15, -0.1) is 0 Å². The quantitative estimate of drug-likeness (QED) is 0.794. The lowest BCUT2D eigenvalue weighted by atomic mass is 9.67. The van der Waals surface area contributed by atoms with Crippen molar-refractivity contribution in [1.82, 2.24) is 0 Å². The molecule has 1 unspecified atom stereocenters. The zero-order valence-corrected chi connectivity index (χ0v) is 11.8. The van der Waals surface area contributed by atoms with Gasteiger partial charge in [0.2, 0.25) is 6.17 Å². The smallest absolute Gasteiger partial charge is 0.343 e. The van der Waals surface area contributed by atoms with E-state index in [0.29, 0.717) is 18.8 Å². The number of carbonyl (C=O) groups excluding carboxylic acids is 1. The maximum absolute atomic E-state index is 14.0. The lowest BCUT2D eigenvalue weighted by molar-refractivity contribution is -0.165. The summed E-state index contributed by atoms with van der Waals surface area (Å²) in [7, 11) is 0. The number of halogens is 1. The molecule has 3 nitrogen and oxygen atoms in total. The van der Waals surface area contributed by atoms with Gasteiger partial charge in [-0.05, 0) is 43.9 Å². The van der Waals surface area contributed by atoms with Crippen molar-refractivity contribution < 1.29 is 19.0 Å². The fraction of sp³-hybridized carbons (Fsp3) is 0.929. The number of carbonyl (C=O) groups is 1. The minimum Gasteiger partial charge on any atom is -0.464 e. The van der Waals surface area contributed by atoms with E-state index < -0.39 is 17.7 Å². The fourth-order valence-electron chi connectivity index (χ4n) is 2.67. The number of aliphatic hydroxyl groups is 1. The first-order chi connectivity index (χ1) is 8.20. The van der Waals surface area contributed by atoms with Crippen molar-refractivity contribution in [2.45, 2.75) is 65.2 Å². The molecule has 0 heterocycles. The van der Waals surface area contributed by atoms with Crippen LogP contribution in [0.3, 0.4) is 0 Å². The summed E-state index contributed by atoms with van der Waals surface area (Å²) in [5.74, 6) is -0.471. The van der Waals surface area contributed by atoms with Crippen LogP contribution in [0.25, 0.3) is 0 Å². The molecule has 0 aromatic carbocycles. The minimum absolute atomic E-state index is 0.139. The van der Waals surface area contributed by atoms with Crippen molar-refractivity contribution in [3.63, 3.8) is 0 Å². The predicted molar refractivity (Wildman–Crippen MR) is 67.9 cm³/mol. The van der Waals surface area contributed by atoms with Gasteiger partial charge in [-0.3, -0.25) is 0 Å². The van der Waals surface area contributed by atoms with Gasteiger partial charge in [-0.2, -0.15) is 0 Å². The van der Waals surface area contributed by atoms with Crippen LogP contribution in [-0.4, -0.2) is 29.5 Å². The first-order valence-corrected chi connectivity index (χ1v) is 6.74. The summed E-state index contributed by atoms with van der Waals surface area (Å²) < 4.78 is 18.6. The SMILES string of the molecule is CCOC(=O)C(F)C1(O)CCC(C(C)(C)C)CC1. The van der Waals surface area contributed by atoms with Crippen LogP contribution < -0.4 is 0 Å². The number of hydrogen-bond donors (Lipinski definition) is 1. The third kappa shape index (κ3) is 3.44. The maximum atomic E-state index is 14.0. The first-order valence-electron chi connectivity index (χ1n) is 6.74. The highest BCUT2D eigenvalue weighted by molar-refractivity contribution is 5.76. The lowest BCUT2D eigenvalue weighted by Crippen LogP contribution is -2.48. The summed E-state index contributed by atoms with van der Waals surface area (Å²) in [6, 6.07) is 0. The van der Waals surface area contributed by atoms with Gasteiger partial charge in [-0.1, -0.05) is 20.8 Å². The molecule has 0 saturated heterocycles. The van der Waals surface area contributed by atoms with Crippen LogP contribution in [0.1, 0.15) is 53.4 Å². The summed E-state index contributed by atoms with van der Waals surface area (Å²) in [5, 5.41) is 10.2. The molecule has 0 aliphatic heterocycles. The number of rotatable bonds is 3. The predicted octanol–water partition coefficient (Wildman–Crippen LogP) is 2.86. The summed E-state index contributed by atoms with van der Waals surface area (Å²) in [6.07, 6.45) is 0.238. The first kappa shape index (κ1) is 15.4. The van der Waals surface area contributed by atoms with Crippen LogP contribution >= 0.6 is 0 Å². The van der Waals surface area contributed by atoms with E-state index in [1.165, 1.54) is 0 Å². The molecule has 106 valence electrons. The fourth-order valence-corrected chi connectivity index (χ4v) is 2.67. The molecule has 1 atom stereocenters. The van der Waals surface area contributed by atoms with Crippen molar-refractivity contribution in [3.05, 3.63) is 0 Å². The van der Waals surface area contributed by atoms with Crippen LogP contribution in [0.5, 0.6) is 0 Å². The molecule has 1 saturated carbocycles. The van der Waals surface area contributed by atoms with E-state index in [2.05, 4.69) is 25.5 Å². The molecule has 0 spiro atoms. The minimum atomic E-state index is -1.92. The van der Waals surface area contributed by atoms with Gasteiger partial charge in [0, 0.05) is 0 Å². The van der Waals surface area contributed by atoms with E-state index in [9.17, 15) is 14.3 Å². The molecule has 1 aliphatic rings. The van der Waals surface area contributed by atoms with Gasteiger partial charge in [0.05, 0.1) is 6.61 Å². The molecule has 0 bridgehead atoms. The molecule has 1 aliphatic carbocycles.